The lowest BCUT2D eigenvalue weighted by Gasteiger charge is -2.30. The van der Waals surface area contributed by atoms with Crippen LogP contribution in [0.25, 0.3) is 0 Å². The van der Waals surface area contributed by atoms with Crippen molar-refractivity contribution in [3.05, 3.63) is 63.6 Å². The van der Waals surface area contributed by atoms with Gasteiger partial charge in [0.25, 0.3) is 0 Å². The molecule has 104 valence electrons. The second-order valence-corrected chi connectivity index (χ2v) is 7.32. The predicted octanol–water partition coefficient (Wildman–Crippen LogP) is 5.49. The van der Waals surface area contributed by atoms with Gasteiger partial charge in [0, 0.05) is 10.2 Å². The summed E-state index contributed by atoms with van der Waals surface area (Å²) in [5, 5.41) is 3.76. The maximum absolute atomic E-state index is 3.76. The first-order valence-corrected chi connectivity index (χ1v) is 7.87. The van der Waals surface area contributed by atoms with E-state index in [0.717, 1.165) is 10.9 Å². The van der Waals surface area contributed by atoms with Gasteiger partial charge in [0.05, 0.1) is 6.04 Å². The molecule has 0 aromatic heterocycles. The highest BCUT2D eigenvalue weighted by Crippen LogP contribution is 2.47. The van der Waals surface area contributed by atoms with Gasteiger partial charge in [0.2, 0.25) is 0 Å². The summed E-state index contributed by atoms with van der Waals surface area (Å²) >= 11 is 3.53. The molecule has 0 bridgehead atoms. The fraction of sp³-hybridized carbons (Fsp3) is 0.333. The van der Waals surface area contributed by atoms with Crippen LogP contribution in [0.15, 0.2) is 46.9 Å². The Morgan fingerprint density at radius 3 is 2.65 bits per heavy atom. The monoisotopic (exact) mass is 329 g/mol. The van der Waals surface area contributed by atoms with E-state index in [1.54, 1.807) is 0 Å². The maximum Gasteiger partial charge on any atom is 0.0570 e. The van der Waals surface area contributed by atoms with Crippen molar-refractivity contribution in [3.8, 4) is 0 Å². The van der Waals surface area contributed by atoms with Crippen LogP contribution >= 0.6 is 15.9 Å². The molecule has 0 amide bonds. The number of halogens is 1. The van der Waals surface area contributed by atoms with Gasteiger partial charge >= 0.3 is 0 Å². The van der Waals surface area contributed by atoms with Crippen LogP contribution in [0.3, 0.4) is 0 Å². The average Bonchev–Trinajstić information content (AvgIpc) is 2.63. The van der Waals surface area contributed by atoms with E-state index < -0.39 is 0 Å². The maximum atomic E-state index is 3.76. The molecular weight excluding hydrogens is 310 g/mol. The van der Waals surface area contributed by atoms with Gasteiger partial charge in [0.15, 0.2) is 0 Å². The highest BCUT2D eigenvalue weighted by Gasteiger charge is 2.38. The van der Waals surface area contributed by atoms with Crippen molar-refractivity contribution in [2.24, 2.45) is 5.41 Å². The van der Waals surface area contributed by atoms with E-state index in [-0.39, 0.29) is 5.41 Å². The van der Waals surface area contributed by atoms with Gasteiger partial charge in [-0.25, -0.2) is 0 Å². The Labute approximate surface area is 129 Å². The molecule has 0 heterocycles. The summed E-state index contributed by atoms with van der Waals surface area (Å²) in [5.74, 6) is 0. The molecule has 2 aromatic carbocycles. The normalized spacial score (nSPS) is 19.7. The summed E-state index contributed by atoms with van der Waals surface area (Å²) < 4.78 is 1.13. The van der Waals surface area contributed by atoms with Gasteiger partial charge in [-0.1, -0.05) is 54.0 Å². The van der Waals surface area contributed by atoms with Crippen molar-refractivity contribution in [2.45, 2.75) is 33.2 Å². The number of benzene rings is 2. The molecule has 0 fully saturated rings. The molecule has 0 saturated carbocycles. The van der Waals surface area contributed by atoms with Crippen molar-refractivity contribution < 1.29 is 0 Å². The van der Waals surface area contributed by atoms with E-state index in [0.29, 0.717) is 6.04 Å². The zero-order valence-corrected chi connectivity index (χ0v) is 13.8. The van der Waals surface area contributed by atoms with Crippen LogP contribution in [0, 0.1) is 12.3 Å². The molecule has 1 unspecified atom stereocenters. The lowest BCUT2D eigenvalue weighted by molar-refractivity contribution is 0.337. The zero-order valence-electron chi connectivity index (χ0n) is 12.2. The third-order valence-corrected chi connectivity index (χ3v) is 4.78. The van der Waals surface area contributed by atoms with Crippen molar-refractivity contribution in [1.82, 2.24) is 0 Å². The summed E-state index contributed by atoms with van der Waals surface area (Å²) in [6.07, 6.45) is 1.14. The van der Waals surface area contributed by atoms with Gasteiger partial charge < -0.3 is 5.32 Å². The van der Waals surface area contributed by atoms with E-state index in [1.165, 1.54) is 22.4 Å². The summed E-state index contributed by atoms with van der Waals surface area (Å²) in [7, 11) is 0. The summed E-state index contributed by atoms with van der Waals surface area (Å²) in [6.45, 7) is 6.85. The van der Waals surface area contributed by atoms with Crippen LogP contribution in [-0.4, -0.2) is 0 Å². The summed E-state index contributed by atoms with van der Waals surface area (Å²) in [4.78, 5) is 0. The lowest BCUT2D eigenvalue weighted by atomic mass is 9.85. The molecular formula is C18H20BrN. The van der Waals surface area contributed by atoms with E-state index in [4.69, 9.17) is 0 Å². The Morgan fingerprint density at radius 1 is 1.15 bits per heavy atom. The first kappa shape index (κ1) is 13.7. The van der Waals surface area contributed by atoms with E-state index in [9.17, 15) is 0 Å². The number of rotatable bonds is 2. The van der Waals surface area contributed by atoms with E-state index in [2.05, 4.69) is 84.5 Å². The highest BCUT2D eigenvalue weighted by molar-refractivity contribution is 9.10. The Hall–Kier alpha value is -1.28. The topological polar surface area (TPSA) is 12.0 Å². The Bertz CT molecular complexity index is 646. The molecule has 2 aromatic rings. The third kappa shape index (κ3) is 2.37. The number of hydrogen-bond donors (Lipinski definition) is 1. The molecule has 2 heteroatoms. The molecule has 1 nitrogen and oxygen atoms in total. The standard InChI is InChI=1S/C18H20BrN/c1-12-10-14(19)8-9-16(12)20-17-15-7-5-4-6-13(15)11-18(17,2)3/h4-10,17,20H,11H2,1-3H3. The summed E-state index contributed by atoms with van der Waals surface area (Å²) in [6, 6.07) is 15.6. The largest absolute Gasteiger partial charge is 0.377 e. The second kappa shape index (κ2) is 4.92. The fourth-order valence-corrected chi connectivity index (χ4v) is 3.68. The average molecular weight is 330 g/mol. The lowest BCUT2D eigenvalue weighted by Crippen LogP contribution is -2.24. The minimum atomic E-state index is 0.239. The third-order valence-electron chi connectivity index (χ3n) is 4.28. The van der Waals surface area contributed by atoms with Crippen molar-refractivity contribution in [2.75, 3.05) is 5.32 Å². The minimum absolute atomic E-state index is 0.239. The molecule has 20 heavy (non-hydrogen) atoms. The van der Waals surface area contributed by atoms with Crippen LogP contribution in [-0.2, 0) is 6.42 Å². The first-order valence-electron chi connectivity index (χ1n) is 7.08. The molecule has 0 radical (unpaired) electrons. The van der Waals surface area contributed by atoms with E-state index in [1.807, 2.05) is 0 Å². The van der Waals surface area contributed by atoms with Crippen LogP contribution < -0.4 is 5.32 Å². The van der Waals surface area contributed by atoms with E-state index >= 15 is 0 Å². The van der Waals surface area contributed by atoms with Crippen molar-refractivity contribution >= 4 is 21.6 Å². The molecule has 1 N–H and O–H groups in total. The number of anilines is 1. The zero-order chi connectivity index (χ0) is 14.3. The number of fused-ring (bicyclic) bond motifs is 1. The van der Waals surface area contributed by atoms with Crippen molar-refractivity contribution in [1.29, 1.82) is 0 Å². The van der Waals surface area contributed by atoms with Gasteiger partial charge in [-0.2, -0.15) is 0 Å². The number of hydrogen-bond acceptors (Lipinski definition) is 1. The van der Waals surface area contributed by atoms with Gasteiger partial charge in [-0.3, -0.25) is 0 Å². The minimum Gasteiger partial charge on any atom is -0.377 e. The molecule has 3 rings (SSSR count). The van der Waals surface area contributed by atoms with Crippen LogP contribution in [0.4, 0.5) is 5.69 Å². The Kier molecular flexibility index (Phi) is 3.37. The smallest absolute Gasteiger partial charge is 0.0570 e. The fourth-order valence-electron chi connectivity index (χ4n) is 3.21. The second-order valence-electron chi connectivity index (χ2n) is 6.40. The summed E-state index contributed by atoms with van der Waals surface area (Å²) in [5.41, 5.74) is 5.66. The molecule has 1 aliphatic carbocycles. The van der Waals surface area contributed by atoms with Crippen molar-refractivity contribution in [3.63, 3.8) is 0 Å². The Morgan fingerprint density at radius 2 is 1.90 bits per heavy atom. The van der Waals surface area contributed by atoms with Crippen LogP contribution in [0.2, 0.25) is 0 Å². The molecule has 0 spiro atoms. The highest BCUT2D eigenvalue weighted by atomic mass is 79.9. The molecule has 1 aliphatic rings. The van der Waals surface area contributed by atoms with Crippen LogP contribution in [0.1, 0.15) is 36.6 Å². The predicted molar refractivity (Wildman–Crippen MR) is 89.2 cm³/mol. The van der Waals surface area contributed by atoms with Gasteiger partial charge in [-0.05, 0) is 53.6 Å². The number of nitrogens with one attached hydrogen (secondary N) is 1. The number of aryl methyl sites for hydroxylation is 1. The Balaban J connectivity index is 1.97. The quantitative estimate of drug-likeness (QED) is 0.767. The SMILES string of the molecule is Cc1cc(Br)ccc1NC1c2ccccc2CC1(C)C. The molecule has 1 atom stereocenters. The van der Waals surface area contributed by atoms with Gasteiger partial charge in [-0.15, -0.1) is 0 Å². The molecule has 0 aliphatic heterocycles. The van der Waals surface area contributed by atoms with Gasteiger partial charge in [0.1, 0.15) is 0 Å². The molecule has 0 saturated heterocycles. The van der Waals surface area contributed by atoms with Crippen LogP contribution in [0.5, 0.6) is 0 Å². The first-order chi connectivity index (χ1) is 9.47.